The first-order valence-corrected chi connectivity index (χ1v) is 5.81. The number of pyridine rings is 1. The molecule has 0 aliphatic heterocycles. The minimum absolute atomic E-state index is 0.0663. The molecule has 2 rings (SSSR count). The van der Waals surface area contributed by atoms with Crippen molar-refractivity contribution in [2.45, 2.75) is 25.3 Å². The summed E-state index contributed by atoms with van der Waals surface area (Å²) in [5.74, 6) is -1.07. The van der Waals surface area contributed by atoms with Gasteiger partial charge >= 0.3 is 5.97 Å². The lowest BCUT2D eigenvalue weighted by Gasteiger charge is -2.16. The summed E-state index contributed by atoms with van der Waals surface area (Å²) in [6.45, 7) is 0. The van der Waals surface area contributed by atoms with E-state index < -0.39 is 11.9 Å². The van der Waals surface area contributed by atoms with Crippen LogP contribution in [0.4, 0.5) is 5.69 Å². The van der Waals surface area contributed by atoms with Gasteiger partial charge in [0.2, 0.25) is 0 Å². The Hall–Kier alpha value is -2.11. The molecule has 1 heterocycles. The van der Waals surface area contributed by atoms with E-state index in [4.69, 9.17) is 10.8 Å². The van der Waals surface area contributed by atoms with Crippen LogP contribution in [-0.4, -0.2) is 28.0 Å². The van der Waals surface area contributed by atoms with Crippen LogP contribution in [0.3, 0.4) is 0 Å². The van der Waals surface area contributed by atoms with Gasteiger partial charge in [-0.25, -0.2) is 4.98 Å². The van der Waals surface area contributed by atoms with Gasteiger partial charge in [0.15, 0.2) is 5.69 Å². The standard InChI is InChI=1S/C12H15N3O3/c13-8-2-1-5-14-11(8)12(18)15-9(6-10(16)17)7-3-4-7/h1-2,5,7,9H,3-4,6,13H2,(H,15,18)(H,16,17). The number of carbonyl (C=O) groups excluding carboxylic acids is 1. The number of carbonyl (C=O) groups is 2. The van der Waals surface area contributed by atoms with Gasteiger partial charge in [-0.1, -0.05) is 0 Å². The van der Waals surface area contributed by atoms with Crippen molar-refractivity contribution >= 4 is 17.6 Å². The Morgan fingerprint density at radius 1 is 1.56 bits per heavy atom. The second-order valence-corrected chi connectivity index (χ2v) is 4.46. The lowest BCUT2D eigenvalue weighted by atomic mass is 10.1. The van der Waals surface area contributed by atoms with Crippen LogP contribution in [0.15, 0.2) is 18.3 Å². The van der Waals surface area contributed by atoms with Crippen molar-refractivity contribution in [3.8, 4) is 0 Å². The van der Waals surface area contributed by atoms with Crippen LogP contribution >= 0.6 is 0 Å². The number of anilines is 1. The number of nitrogens with one attached hydrogen (secondary N) is 1. The zero-order valence-electron chi connectivity index (χ0n) is 9.80. The second-order valence-electron chi connectivity index (χ2n) is 4.46. The van der Waals surface area contributed by atoms with Crippen molar-refractivity contribution in [2.75, 3.05) is 5.73 Å². The van der Waals surface area contributed by atoms with E-state index in [1.165, 1.54) is 6.20 Å². The average Bonchev–Trinajstić information content (AvgIpc) is 3.11. The van der Waals surface area contributed by atoms with Gasteiger partial charge in [-0.2, -0.15) is 0 Å². The molecule has 96 valence electrons. The molecule has 1 aliphatic carbocycles. The third-order valence-corrected chi connectivity index (χ3v) is 2.96. The summed E-state index contributed by atoms with van der Waals surface area (Å²) in [5.41, 5.74) is 6.09. The number of nitrogens with two attached hydrogens (primary N) is 1. The van der Waals surface area contributed by atoms with Crippen LogP contribution in [-0.2, 0) is 4.79 Å². The van der Waals surface area contributed by atoms with E-state index in [-0.39, 0.29) is 24.1 Å². The zero-order chi connectivity index (χ0) is 13.1. The predicted molar refractivity (Wildman–Crippen MR) is 64.9 cm³/mol. The number of rotatable bonds is 5. The molecule has 6 nitrogen and oxygen atoms in total. The van der Waals surface area contributed by atoms with Gasteiger partial charge < -0.3 is 16.2 Å². The molecule has 1 amide bonds. The first kappa shape index (κ1) is 12.3. The fourth-order valence-electron chi connectivity index (χ4n) is 1.87. The van der Waals surface area contributed by atoms with Crippen LogP contribution in [0, 0.1) is 5.92 Å². The Bertz CT molecular complexity index is 471. The van der Waals surface area contributed by atoms with Crippen LogP contribution in [0.1, 0.15) is 29.8 Å². The summed E-state index contributed by atoms with van der Waals surface area (Å²) < 4.78 is 0. The third kappa shape index (κ3) is 2.97. The maximum Gasteiger partial charge on any atom is 0.305 e. The quantitative estimate of drug-likeness (QED) is 0.710. The number of nitrogens with zero attached hydrogens (tertiary/aromatic N) is 1. The molecule has 18 heavy (non-hydrogen) atoms. The highest BCUT2D eigenvalue weighted by atomic mass is 16.4. The molecule has 1 unspecified atom stereocenters. The molecule has 0 saturated heterocycles. The SMILES string of the molecule is Nc1cccnc1C(=O)NC(CC(=O)O)C1CC1. The van der Waals surface area contributed by atoms with Gasteiger partial charge in [-0.3, -0.25) is 9.59 Å². The van der Waals surface area contributed by atoms with E-state index in [1.54, 1.807) is 12.1 Å². The fraction of sp³-hybridized carbons (Fsp3) is 0.417. The topological polar surface area (TPSA) is 105 Å². The number of aliphatic carboxylic acids is 1. The number of carboxylic acids is 1. The molecule has 1 aliphatic rings. The average molecular weight is 249 g/mol. The van der Waals surface area contributed by atoms with Gasteiger partial charge in [0, 0.05) is 12.2 Å². The Balaban J connectivity index is 2.05. The Labute approximate surface area is 104 Å². The first-order chi connectivity index (χ1) is 8.58. The van der Waals surface area contributed by atoms with Crippen molar-refractivity contribution in [1.29, 1.82) is 0 Å². The second kappa shape index (κ2) is 5.03. The number of amides is 1. The lowest BCUT2D eigenvalue weighted by molar-refractivity contribution is -0.137. The van der Waals surface area contributed by atoms with Crippen molar-refractivity contribution in [3.63, 3.8) is 0 Å². The van der Waals surface area contributed by atoms with Crippen molar-refractivity contribution < 1.29 is 14.7 Å². The molecule has 0 aromatic carbocycles. The van der Waals surface area contributed by atoms with Gasteiger partial charge in [0.1, 0.15) is 0 Å². The number of aromatic nitrogens is 1. The maximum atomic E-state index is 11.9. The van der Waals surface area contributed by atoms with E-state index in [1.807, 2.05) is 0 Å². The highest BCUT2D eigenvalue weighted by Gasteiger charge is 2.34. The summed E-state index contributed by atoms with van der Waals surface area (Å²) in [5, 5.41) is 11.5. The largest absolute Gasteiger partial charge is 0.481 e. The molecule has 1 atom stereocenters. The minimum Gasteiger partial charge on any atom is -0.481 e. The summed E-state index contributed by atoms with van der Waals surface area (Å²) in [6, 6.07) is 2.89. The smallest absolute Gasteiger partial charge is 0.305 e. The van der Waals surface area contributed by atoms with E-state index >= 15 is 0 Å². The molecular formula is C12H15N3O3. The molecule has 6 heteroatoms. The van der Waals surface area contributed by atoms with Crippen molar-refractivity contribution in [2.24, 2.45) is 5.92 Å². The summed E-state index contributed by atoms with van der Waals surface area (Å²) in [7, 11) is 0. The molecule has 1 saturated carbocycles. The van der Waals surface area contributed by atoms with E-state index in [0.717, 1.165) is 12.8 Å². The van der Waals surface area contributed by atoms with Crippen LogP contribution in [0.25, 0.3) is 0 Å². The Morgan fingerprint density at radius 2 is 2.28 bits per heavy atom. The first-order valence-electron chi connectivity index (χ1n) is 5.81. The highest BCUT2D eigenvalue weighted by Crippen LogP contribution is 2.34. The third-order valence-electron chi connectivity index (χ3n) is 2.96. The molecule has 4 N–H and O–H groups in total. The number of nitrogen functional groups attached to an aromatic ring is 1. The molecule has 1 aromatic rings. The number of hydrogen-bond acceptors (Lipinski definition) is 4. The Morgan fingerprint density at radius 3 is 2.83 bits per heavy atom. The Kier molecular flexibility index (Phi) is 3.45. The highest BCUT2D eigenvalue weighted by molar-refractivity contribution is 5.97. The van der Waals surface area contributed by atoms with E-state index in [2.05, 4.69) is 10.3 Å². The zero-order valence-corrected chi connectivity index (χ0v) is 9.80. The maximum absolute atomic E-state index is 11.9. The van der Waals surface area contributed by atoms with E-state index in [0.29, 0.717) is 5.69 Å². The van der Waals surface area contributed by atoms with Crippen molar-refractivity contribution in [3.05, 3.63) is 24.0 Å². The summed E-state index contributed by atoms with van der Waals surface area (Å²) in [4.78, 5) is 26.6. The van der Waals surface area contributed by atoms with Gasteiger partial charge in [0.05, 0.1) is 12.1 Å². The molecule has 0 bridgehead atoms. The molecular weight excluding hydrogens is 234 g/mol. The number of carboxylic acid groups (broad SMARTS) is 1. The lowest BCUT2D eigenvalue weighted by Crippen LogP contribution is -2.38. The molecule has 1 aromatic heterocycles. The number of hydrogen-bond donors (Lipinski definition) is 3. The fourth-order valence-corrected chi connectivity index (χ4v) is 1.87. The summed E-state index contributed by atoms with van der Waals surface area (Å²) in [6.07, 6.45) is 3.32. The molecule has 0 radical (unpaired) electrons. The summed E-state index contributed by atoms with van der Waals surface area (Å²) >= 11 is 0. The van der Waals surface area contributed by atoms with Crippen molar-refractivity contribution in [1.82, 2.24) is 10.3 Å². The molecule has 1 fully saturated rings. The van der Waals surface area contributed by atoms with Crippen LogP contribution in [0.2, 0.25) is 0 Å². The predicted octanol–water partition coefficient (Wildman–Crippen LogP) is 0.647. The minimum atomic E-state index is -0.916. The van der Waals surface area contributed by atoms with Gasteiger partial charge in [-0.05, 0) is 30.9 Å². The van der Waals surface area contributed by atoms with E-state index in [9.17, 15) is 9.59 Å². The van der Waals surface area contributed by atoms with Gasteiger partial charge in [-0.15, -0.1) is 0 Å². The van der Waals surface area contributed by atoms with Crippen LogP contribution < -0.4 is 11.1 Å². The normalized spacial score (nSPS) is 16.0. The molecule has 0 spiro atoms. The van der Waals surface area contributed by atoms with Gasteiger partial charge in [0.25, 0.3) is 5.91 Å². The monoisotopic (exact) mass is 249 g/mol. The van der Waals surface area contributed by atoms with Crippen LogP contribution in [0.5, 0.6) is 0 Å².